The van der Waals surface area contributed by atoms with Gasteiger partial charge in [-0.1, -0.05) is 84.5 Å². The highest BCUT2D eigenvalue weighted by Gasteiger charge is 2.16. The van der Waals surface area contributed by atoms with Crippen molar-refractivity contribution < 1.29 is 28.5 Å². The molecule has 1 saturated heterocycles. The Morgan fingerprint density at radius 3 is 1.93 bits per heavy atom. The lowest BCUT2D eigenvalue weighted by molar-refractivity contribution is -0.160. The van der Waals surface area contributed by atoms with Crippen LogP contribution >= 0.6 is 0 Å². The second kappa shape index (κ2) is 26.5. The number of unbranched alkanes of at least 4 members (excludes halogenated alkanes) is 10. The third-order valence-electron chi connectivity index (χ3n) is 7.26. The van der Waals surface area contributed by atoms with Crippen LogP contribution in [0.25, 0.3) is 0 Å². The van der Waals surface area contributed by atoms with Crippen LogP contribution in [-0.4, -0.2) is 75.9 Å². The number of hydrogen-bond donors (Lipinski definition) is 1. The third-order valence-corrected chi connectivity index (χ3v) is 7.26. The van der Waals surface area contributed by atoms with Gasteiger partial charge in [-0.2, -0.15) is 0 Å². The van der Waals surface area contributed by atoms with Gasteiger partial charge in [-0.3, -0.25) is 4.79 Å². The summed E-state index contributed by atoms with van der Waals surface area (Å²) in [6, 6.07) is 0. The molecule has 8 nitrogen and oxygen atoms in total. The molecular weight excluding hydrogens is 508 g/mol. The number of rotatable bonds is 26. The van der Waals surface area contributed by atoms with Gasteiger partial charge in [0.25, 0.3) is 0 Å². The van der Waals surface area contributed by atoms with Crippen molar-refractivity contribution >= 4 is 12.1 Å². The average molecular weight is 570 g/mol. The molecule has 8 heteroatoms. The SMILES string of the molecule is [CH2]C(COC(=O)CCC(OCCCCCCCC)OCCCCCCCC)COC(=O)NCCN1CCCCC1. The van der Waals surface area contributed by atoms with Crippen LogP contribution in [0.5, 0.6) is 0 Å². The maximum Gasteiger partial charge on any atom is 0.407 e. The topological polar surface area (TPSA) is 86.3 Å². The van der Waals surface area contributed by atoms with Gasteiger partial charge in [-0.05, 0) is 45.7 Å². The Hall–Kier alpha value is -1.38. The van der Waals surface area contributed by atoms with E-state index in [1.807, 2.05) is 0 Å². The van der Waals surface area contributed by atoms with E-state index in [0.717, 1.165) is 45.3 Å². The molecule has 1 aliphatic heterocycles. The molecule has 0 aromatic carbocycles. The van der Waals surface area contributed by atoms with Gasteiger partial charge in [0, 0.05) is 38.6 Å². The number of nitrogens with one attached hydrogen (secondary N) is 1. The Labute approximate surface area is 245 Å². The minimum atomic E-state index is -0.454. The number of ether oxygens (including phenoxy) is 4. The van der Waals surface area contributed by atoms with Gasteiger partial charge in [0.2, 0.25) is 0 Å². The van der Waals surface area contributed by atoms with E-state index in [1.165, 1.54) is 70.6 Å². The lowest BCUT2D eigenvalue weighted by atomic mass is 10.1. The first-order valence-electron chi connectivity index (χ1n) is 16.4. The zero-order valence-corrected chi connectivity index (χ0v) is 25.9. The summed E-state index contributed by atoms with van der Waals surface area (Å²) < 4.78 is 22.6. The van der Waals surface area contributed by atoms with E-state index < -0.39 is 6.09 Å². The van der Waals surface area contributed by atoms with E-state index in [2.05, 4.69) is 31.0 Å². The summed E-state index contributed by atoms with van der Waals surface area (Å²) in [4.78, 5) is 26.6. The van der Waals surface area contributed by atoms with E-state index >= 15 is 0 Å². The fourth-order valence-corrected chi connectivity index (χ4v) is 4.72. The normalized spacial score (nSPS) is 14.8. The Morgan fingerprint density at radius 1 is 0.775 bits per heavy atom. The molecule has 0 bridgehead atoms. The van der Waals surface area contributed by atoms with Gasteiger partial charge in [0.1, 0.15) is 0 Å². The smallest absolute Gasteiger partial charge is 0.407 e. The molecule has 1 fully saturated rings. The van der Waals surface area contributed by atoms with Crippen LogP contribution in [0, 0.1) is 12.8 Å². The molecule has 1 atom stereocenters. The number of nitrogens with zero attached hydrogens (tertiary/aromatic N) is 1. The van der Waals surface area contributed by atoms with Crippen molar-refractivity contribution in [3.05, 3.63) is 6.92 Å². The number of likely N-dealkylation sites (tertiary alicyclic amines) is 1. The van der Waals surface area contributed by atoms with Crippen LogP contribution in [0.1, 0.15) is 123 Å². The minimum absolute atomic E-state index is 0.105. The lowest BCUT2D eigenvalue weighted by Gasteiger charge is -2.26. The highest BCUT2D eigenvalue weighted by molar-refractivity contribution is 5.69. The highest BCUT2D eigenvalue weighted by Crippen LogP contribution is 2.12. The number of alkyl carbamates (subject to hydrolysis) is 1. The van der Waals surface area contributed by atoms with Crippen LogP contribution in [-0.2, 0) is 23.7 Å². The molecule has 1 heterocycles. The van der Waals surface area contributed by atoms with E-state index in [-0.39, 0.29) is 37.8 Å². The number of carbonyl (C=O) groups excluding carboxylic acids is 2. The van der Waals surface area contributed by atoms with Crippen LogP contribution in [0.15, 0.2) is 0 Å². The van der Waals surface area contributed by atoms with E-state index in [9.17, 15) is 9.59 Å². The monoisotopic (exact) mass is 569 g/mol. The van der Waals surface area contributed by atoms with Crippen LogP contribution in [0.4, 0.5) is 4.79 Å². The van der Waals surface area contributed by atoms with Crippen molar-refractivity contribution in [2.45, 2.75) is 129 Å². The Morgan fingerprint density at radius 2 is 1.32 bits per heavy atom. The van der Waals surface area contributed by atoms with Crippen molar-refractivity contribution in [2.75, 3.05) is 52.6 Å². The first-order chi connectivity index (χ1) is 19.5. The average Bonchev–Trinajstić information content (AvgIpc) is 2.96. The number of carbonyl (C=O) groups is 2. The van der Waals surface area contributed by atoms with E-state index in [0.29, 0.717) is 26.2 Å². The Balaban J connectivity index is 2.20. The summed E-state index contributed by atoms with van der Waals surface area (Å²) >= 11 is 0. The molecular formula is C32H61N2O6. The molecule has 0 spiro atoms. The molecule has 235 valence electrons. The first-order valence-corrected chi connectivity index (χ1v) is 16.4. The molecule has 40 heavy (non-hydrogen) atoms. The molecule has 1 aliphatic rings. The Bertz CT molecular complexity index is 582. The van der Waals surface area contributed by atoms with Gasteiger partial charge < -0.3 is 29.2 Å². The van der Waals surface area contributed by atoms with Gasteiger partial charge >= 0.3 is 12.1 Å². The van der Waals surface area contributed by atoms with Gasteiger partial charge in [0.15, 0.2) is 6.29 Å². The quantitative estimate of drug-likeness (QED) is 0.0678. The van der Waals surface area contributed by atoms with Gasteiger partial charge in [0.05, 0.1) is 19.6 Å². The second-order valence-corrected chi connectivity index (χ2v) is 11.2. The zero-order valence-electron chi connectivity index (χ0n) is 25.9. The number of hydrogen-bond acceptors (Lipinski definition) is 7. The summed E-state index contributed by atoms with van der Waals surface area (Å²) in [5.74, 6) is -0.628. The van der Waals surface area contributed by atoms with Crippen LogP contribution in [0.3, 0.4) is 0 Å². The predicted octanol–water partition coefficient (Wildman–Crippen LogP) is 7.05. The van der Waals surface area contributed by atoms with Crippen LogP contribution in [0.2, 0.25) is 0 Å². The van der Waals surface area contributed by atoms with E-state index in [4.69, 9.17) is 18.9 Å². The van der Waals surface area contributed by atoms with Gasteiger partial charge in [-0.25, -0.2) is 4.79 Å². The Kier molecular flexibility index (Phi) is 24.3. The molecule has 1 rings (SSSR count). The molecule has 1 radical (unpaired) electrons. The summed E-state index contributed by atoms with van der Waals surface area (Å²) in [6.45, 7) is 13.5. The molecule has 1 N–H and O–H groups in total. The van der Waals surface area contributed by atoms with Crippen molar-refractivity contribution in [1.82, 2.24) is 10.2 Å². The number of esters is 1. The second-order valence-electron chi connectivity index (χ2n) is 11.2. The maximum atomic E-state index is 12.3. The fourth-order valence-electron chi connectivity index (χ4n) is 4.72. The standard InChI is InChI=1S/C32H61N2O6/c1-4-6-8-10-12-17-25-37-31(38-26-18-13-11-9-7-5-2)20-19-30(35)39-27-29(3)28-40-32(36)33-21-24-34-22-15-14-16-23-34/h29,31H,3-28H2,1-2H3,(H,33,36). The molecule has 0 aromatic rings. The molecule has 0 saturated carbocycles. The molecule has 0 aliphatic carbocycles. The highest BCUT2D eigenvalue weighted by atomic mass is 16.7. The molecule has 1 unspecified atom stereocenters. The molecule has 1 amide bonds. The fraction of sp³-hybridized carbons (Fsp3) is 0.906. The van der Waals surface area contributed by atoms with Crippen molar-refractivity contribution in [3.8, 4) is 0 Å². The van der Waals surface area contributed by atoms with Crippen LogP contribution < -0.4 is 5.32 Å². The lowest BCUT2D eigenvalue weighted by Crippen LogP contribution is -2.38. The zero-order chi connectivity index (χ0) is 29.1. The summed E-state index contributed by atoms with van der Waals surface area (Å²) in [5.41, 5.74) is 0. The first kappa shape index (κ1) is 36.6. The third kappa shape index (κ3) is 22.3. The summed E-state index contributed by atoms with van der Waals surface area (Å²) in [7, 11) is 0. The van der Waals surface area contributed by atoms with Crippen molar-refractivity contribution in [2.24, 2.45) is 5.92 Å². The van der Waals surface area contributed by atoms with Crippen molar-refractivity contribution in [1.29, 1.82) is 0 Å². The summed E-state index contributed by atoms with van der Waals surface area (Å²) in [6.07, 6.45) is 18.1. The number of piperidine rings is 1. The minimum Gasteiger partial charge on any atom is -0.465 e. The van der Waals surface area contributed by atoms with Gasteiger partial charge in [-0.15, -0.1) is 0 Å². The molecule has 0 aromatic heterocycles. The number of amides is 1. The maximum absolute atomic E-state index is 12.3. The largest absolute Gasteiger partial charge is 0.465 e. The van der Waals surface area contributed by atoms with E-state index in [1.54, 1.807) is 0 Å². The van der Waals surface area contributed by atoms with Crippen molar-refractivity contribution in [3.63, 3.8) is 0 Å². The summed E-state index contributed by atoms with van der Waals surface area (Å²) in [5, 5.41) is 2.78. The predicted molar refractivity (Wildman–Crippen MR) is 161 cm³/mol.